The van der Waals surface area contributed by atoms with Crippen LogP contribution >= 0.6 is 11.6 Å². The van der Waals surface area contributed by atoms with Crippen molar-refractivity contribution in [2.75, 3.05) is 35.3 Å². The summed E-state index contributed by atoms with van der Waals surface area (Å²) >= 11 is 6.13. The van der Waals surface area contributed by atoms with Crippen molar-refractivity contribution >= 4 is 51.8 Å². The minimum absolute atomic E-state index is 0.495. The number of benzene rings is 2. The molecule has 0 saturated heterocycles. The first kappa shape index (κ1) is 16.0. The summed E-state index contributed by atoms with van der Waals surface area (Å²) in [5.41, 5.74) is 6.52. The van der Waals surface area contributed by atoms with Crippen molar-refractivity contribution in [3.05, 3.63) is 47.5 Å². The minimum Gasteiger partial charge on any atom is -0.424 e. The molecule has 3 N–H and O–H groups in total. The van der Waals surface area contributed by atoms with Crippen molar-refractivity contribution in [1.29, 1.82) is 0 Å². The molecule has 0 unspecified atom stereocenters. The molecule has 9 heteroatoms. The lowest BCUT2D eigenvalue weighted by atomic mass is 10.2. The number of fused-ring (bicyclic) bond motifs is 4. The van der Waals surface area contributed by atoms with Gasteiger partial charge < -0.3 is 20.0 Å². The number of amidine groups is 2. The maximum atomic E-state index is 6.13. The van der Waals surface area contributed by atoms with E-state index in [2.05, 4.69) is 31.1 Å². The van der Waals surface area contributed by atoms with E-state index in [1.54, 1.807) is 0 Å². The van der Waals surface area contributed by atoms with E-state index < -0.39 is 0 Å². The van der Waals surface area contributed by atoms with Gasteiger partial charge in [-0.25, -0.2) is 0 Å². The number of para-hydroxylation sites is 2. The number of aromatic nitrogens is 1. The fraction of sp³-hybridized carbons (Fsp3) is 0.167. The predicted molar refractivity (Wildman–Crippen MR) is 108 cm³/mol. The van der Waals surface area contributed by atoms with Gasteiger partial charge in [0.1, 0.15) is 12.2 Å². The maximum Gasteiger partial charge on any atom is 0.295 e. The number of nitrogens with one attached hydrogen (secondary N) is 3. The normalized spacial score (nSPS) is 16.6. The molecular formula is C18H16ClN7O. The van der Waals surface area contributed by atoms with Crippen LogP contribution in [0.3, 0.4) is 0 Å². The van der Waals surface area contributed by atoms with E-state index in [1.165, 1.54) is 0 Å². The lowest BCUT2D eigenvalue weighted by molar-refractivity contribution is 0.615. The SMILES string of the molecule is Clc1ccc2c(c1)N1CNN=C1C(=NCCNc1nc3ccccc3o1)N2. The molecule has 3 aromatic rings. The lowest BCUT2D eigenvalue weighted by Gasteiger charge is -2.29. The molecule has 136 valence electrons. The first-order valence-electron chi connectivity index (χ1n) is 8.57. The van der Waals surface area contributed by atoms with Crippen LogP contribution in [0.5, 0.6) is 0 Å². The molecule has 2 aromatic carbocycles. The molecule has 5 rings (SSSR count). The van der Waals surface area contributed by atoms with E-state index in [1.807, 2.05) is 47.4 Å². The molecule has 1 aromatic heterocycles. The van der Waals surface area contributed by atoms with Gasteiger partial charge in [0.15, 0.2) is 17.3 Å². The van der Waals surface area contributed by atoms with E-state index in [0.29, 0.717) is 36.6 Å². The van der Waals surface area contributed by atoms with Gasteiger partial charge in [0.25, 0.3) is 6.01 Å². The first-order valence-corrected chi connectivity index (χ1v) is 8.95. The highest BCUT2D eigenvalue weighted by Gasteiger charge is 2.30. The number of hydrazone groups is 1. The lowest BCUT2D eigenvalue weighted by Crippen LogP contribution is -2.42. The van der Waals surface area contributed by atoms with Gasteiger partial charge in [-0.2, -0.15) is 10.1 Å². The van der Waals surface area contributed by atoms with E-state index in [9.17, 15) is 0 Å². The minimum atomic E-state index is 0.495. The highest BCUT2D eigenvalue weighted by atomic mass is 35.5. The summed E-state index contributed by atoms with van der Waals surface area (Å²) in [7, 11) is 0. The summed E-state index contributed by atoms with van der Waals surface area (Å²) in [6.45, 7) is 1.72. The highest BCUT2D eigenvalue weighted by Crippen LogP contribution is 2.33. The van der Waals surface area contributed by atoms with Crippen LogP contribution in [0.1, 0.15) is 0 Å². The molecule has 2 aliphatic heterocycles. The number of rotatable bonds is 4. The molecule has 0 amide bonds. The molecule has 0 radical (unpaired) electrons. The van der Waals surface area contributed by atoms with Crippen molar-refractivity contribution in [3.63, 3.8) is 0 Å². The second-order valence-electron chi connectivity index (χ2n) is 6.11. The summed E-state index contributed by atoms with van der Waals surface area (Å²) in [5.74, 6) is 1.47. The van der Waals surface area contributed by atoms with Crippen LogP contribution < -0.4 is 21.0 Å². The average molecular weight is 382 g/mol. The molecule has 8 nitrogen and oxygen atoms in total. The van der Waals surface area contributed by atoms with E-state index >= 15 is 0 Å². The molecule has 0 atom stereocenters. The summed E-state index contributed by atoms with van der Waals surface area (Å²) in [6, 6.07) is 13.9. The summed E-state index contributed by atoms with van der Waals surface area (Å²) < 4.78 is 5.65. The Morgan fingerprint density at radius 1 is 1.26 bits per heavy atom. The number of halogens is 1. The number of oxazole rings is 1. The fourth-order valence-corrected chi connectivity index (χ4v) is 3.27. The third-order valence-electron chi connectivity index (χ3n) is 4.34. The Labute approximate surface area is 159 Å². The van der Waals surface area contributed by atoms with Crippen molar-refractivity contribution in [2.24, 2.45) is 10.1 Å². The van der Waals surface area contributed by atoms with Crippen LogP contribution in [-0.4, -0.2) is 36.4 Å². The Hall–Kier alpha value is -3.26. The van der Waals surface area contributed by atoms with E-state index in [-0.39, 0.29) is 0 Å². The molecule has 0 saturated carbocycles. The quantitative estimate of drug-likeness (QED) is 0.602. The second-order valence-corrected chi connectivity index (χ2v) is 6.55. The molecule has 0 fully saturated rings. The van der Waals surface area contributed by atoms with Crippen molar-refractivity contribution in [2.45, 2.75) is 0 Å². The number of hydrogen-bond donors (Lipinski definition) is 3. The first-order chi connectivity index (χ1) is 13.3. The second kappa shape index (κ2) is 6.48. The Morgan fingerprint density at radius 3 is 3.11 bits per heavy atom. The van der Waals surface area contributed by atoms with Gasteiger partial charge in [0, 0.05) is 11.6 Å². The van der Waals surface area contributed by atoms with E-state index in [0.717, 1.165) is 28.3 Å². The predicted octanol–water partition coefficient (Wildman–Crippen LogP) is 3.10. The molecule has 27 heavy (non-hydrogen) atoms. The number of aliphatic imine (C=N–C) groups is 1. The third kappa shape index (κ3) is 2.93. The largest absolute Gasteiger partial charge is 0.424 e. The van der Waals surface area contributed by atoms with Gasteiger partial charge in [-0.05, 0) is 30.3 Å². The zero-order valence-corrected chi connectivity index (χ0v) is 15.0. The summed E-state index contributed by atoms with van der Waals surface area (Å²) in [6.07, 6.45) is 0. The van der Waals surface area contributed by atoms with Crippen LogP contribution in [0.4, 0.5) is 17.4 Å². The van der Waals surface area contributed by atoms with Gasteiger partial charge in [0.2, 0.25) is 0 Å². The average Bonchev–Trinajstić information content (AvgIpc) is 3.32. The molecule has 3 heterocycles. The van der Waals surface area contributed by atoms with Gasteiger partial charge in [-0.1, -0.05) is 23.7 Å². The van der Waals surface area contributed by atoms with Gasteiger partial charge in [-0.15, -0.1) is 0 Å². The molecule has 0 spiro atoms. The number of anilines is 3. The molecular weight excluding hydrogens is 366 g/mol. The maximum absolute atomic E-state index is 6.13. The van der Waals surface area contributed by atoms with Gasteiger partial charge in [-0.3, -0.25) is 10.4 Å². The monoisotopic (exact) mass is 381 g/mol. The number of nitrogens with zero attached hydrogens (tertiary/aromatic N) is 4. The van der Waals surface area contributed by atoms with Crippen molar-refractivity contribution in [3.8, 4) is 0 Å². The third-order valence-corrected chi connectivity index (χ3v) is 4.57. The van der Waals surface area contributed by atoms with E-state index in [4.69, 9.17) is 16.0 Å². The molecule has 0 bridgehead atoms. The van der Waals surface area contributed by atoms with Crippen molar-refractivity contribution in [1.82, 2.24) is 10.4 Å². The standard InChI is InChI=1S/C18H16ClN7O/c19-11-5-6-12-14(9-11)26-10-22-25-17(26)16(23-12)20-7-8-21-18-24-13-3-1-2-4-15(13)27-18/h1-6,9,22H,7-8,10H2,(H,20,23)(H,21,24). The Bertz CT molecular complexity index is 1040. The topological polar surface area (TPSA) is 90.1 Å². The fourth-order valence-electron chi connectivity index (χ4n) is 3.10. The van der Waals surface area contributed by atoms with Gasteiger partial charge in [0.05, 0.1) is 17.9 Å². The molecule has 2 aliphatic rings. The van der Waals surface area contributed by atoms with Crippen molar-refractivity contribution < 1.29 is 4.42 Å². The Morgan fingerprint density at radius 2 is 2.19 bits per heavy atom. The highest BCUT2D eigenvalue weighted by molar-refractivity contribution is 6.51. The number of hydrogen-bond acceptors (Lipinski definition) is 7. The Kier molecular flexibility index (Phi) is 3.83. The van der Waals surface area contributed by atoms with Crippen LogP contribution in [0.2, 0.25) is 5.02 Å². The zero-order valence-electron chi connectivity index (χ0n) is 14.2. The van der Waals surface area contributed by atoms with Gasteiger partial charge >= 0.3 is 0 Å². The molecule has 0 aliphatic carbocycles. The van der Waals surface area contributed by atoms with Crippen LogP contribution in [0, 0.1) is 0 Å². The Balaban J connectivity index is 1.29. The smallest absolute Gasteiger partial charge is 0.295 e. The summed E-state index contributed by atoms with van der Waals surface area (Å²) in [5, 5.41) is 11.5. The van der Waals surface area contributed by atoms with Crippen LogP contribution in [0.25, 0.3) is 11.1 Å². The zero-order chi connectivity index (χ0) is 18.2. The van der Waals surface area contributed by atoms with Crippen LogP contribution in [0.15, 0.2) is 57.0 Å². The van der Waals surface area contributed by atoms with Crippen LogP contribution in [-0.2, 0) is 0 Å². The summed E-state index contributed by atoms with van der Waals surface area (Å²) in [4.78, 5) is 11.1.